The molecule has 1 unspecified atom stereocenters. The molecule has 20 heavy (non-hydrogen) atoms. The van der Waals surface area contributed by atoms with E-state index in [2.05, 4.69) is 4.98 Å². The van der Waals surface area contributed by atoms with Crippen LogP contribution in [0.4, 0.5) is 8.78 Å². The molecule has 0 aliphatic carbocycles. The Balaban J connectivity index is 2.43. The number of hydrogen-bond acceptors (Lipinski definition) is 1. The first-order chi connectivity index (χ1) is 9.29. The van der Waals surface area contributed by atoms with Gasteiger partial charge in [-0.2, -0.15) is 0 Å². The highest BCUT2D eigenvalue weighted by Crippen LogP contribution is 2.30. The highest BCUT2D eigenvalue weighted by Gasteiger charge is 2.24. The van der Waals surface area contributed by atoms with Gasteiger partial charge in [0.25, 0.3) is 0 Å². The van der Waals surface area contributed by atoms with Crippen molar-refractivity contribution in [3.63, 3.8) is 0 Å². The van der Waals surface area contributed by atoms with Gasteiger partial charge >= 0.3 is 0 Å². The molecule has 1 N–H and O–H groups in total. The molecule has 2 rings (SSSR count). The van der Waals surface area contributed by atoms with E-state index < -0.39 is 11.7 Å². The summed E-state index contributed by atoms with van der Waals surface area (Å²) in [5.74, 6) is 0. The zero-order valence-corrected chi connectivity index (χ0v) is 12.1. The second kappa shape index (κ2) is 5.56. The summed E-state index contributed by atoms with van der Waals surface area (Å²) in [6.45, 7) is 2.63. The van der Waals surface area contributed by atoms with Crippen LogP contribution in [0.25, 0.3) is 10.9 Å². The average Bonchev–Trinajstić information content (AvgIpc) is 2.69. The lowest BCUT2D eigenvalue weighted by Gasteiger charge is -2.28. The predicted octanol–water partition coefficient (Wildman–Crippen LogP) is 2.92. The first-order valence-electron chi connectivity index (χ1n) is 6.62. The van der Waals surface area contributed by atoms with Crippen LogP contribution in [0, 0.1) is 0 Å². The van der Waals surface area contributed by atoms with E-state index in [-0.39, 0.29) is 6.42 Å². The number of aromatic nitrogens is 1. The molecular formula is C15H19BF2N2. The van der Waals surface area contributed by atoms with Crippen molar-refractivity contribution in [2.75, 3.05) is 20.6 Å². The molecule has 2 aromatic rings. The number of aromatic amines is 1. The van der Waals surface area contributed by atoms with E-state index in [9.17, 15) is 8.78 Å². The number of halogens is 2. The predicted molar refractivity (Wildman–Crippen MR) is 79.7 cm³/mol. The first-order valence-corrected chi connectivity index (χ1v) is 6.62. The molecule has 0 amide bonds. The number of alkyl halides is 2. The maximum Gasteiger partial charge on any atom is 0.242 e. The Kier molecular flexibility index (Phi) is 4.18. The Morgan fingerprint density at radius 3 is 2.65 bits per heavy atom. The SMILES string of the molecule is [B]C(C)(CN(C)C)c1c[nH]c2ccc(CC(F)F)cc12. The van der Waals surface area contributed by atoms with Gasteiger partial charge in [-0.1, -0.05) is 13.0 Å². The monoisotopic (exact) mass is 276 g/mol. The van der Waals surface area contributed by atoms with Crippen LogP contribution in [0.3, 0.4) is 0 Å². The van der Waals surface area contributed by atoms with Crippen molar-refractivity contribution in [3.05, 3.63) is 35.5 Å². The largest absolute Gasteiger partial charge is 0.361 e. The highest BCUT2D eigenvalue weighted by molar-refractivity contribution is 6.17. The molecule has 0 saturated carbocycles. The normalized spacial score (nSPS) is 15.2. The molecule has 5 heteroatoms. The molecule has 1 aromatic heterocycles. The Morgan fingerprint density at radius 2 is 2.05 bits per heavy atom. The number of hydrogen-bond donors (Lipinski definition) is 1. The molecule has 0 fully saturated rings. The van der Waals surface area contributed by atoms with Gasteiger partial charge in [0, 0.05) is 23.5 Å². The van der Waals surface area contributed by atoms with E-state index >= 15 is 0 Å². The van der Waals surface area contributed by atoms with Crippen molar-refractivity contribution in [1.29, 1.82) is 0 Å². The number of nitrogens with one attached hydrogen (secondary N) is 1. The molecule has 0 bridgehead atoms. The minimum absolute atomic E-state index is 0.227. The van der Waals surface area contributed by atoms with Crippen molar-refractivity contribution in [2.45, 2.75) is 25.1 Å². The number of likely N-dealkylation sites (N-methyl/N-ethyl adjacent to an activating group) is 1. The minimum atomic E-state index is -2.33. The molecular weight excluding hydrogens is 257 g/mol. The molecule has 1 heterocycles. The van der Waals surface area contributed by atoms with Gasteiger partial charge in [0.15, 0.2) is 0 Å². The van der Waals surface area contributed by atoms with Gasteiger partial charge in [0.2, 0.25) is 6.43 Å². The van der Waals surface area contributed by atoms with E-state index in [0.29, 0.717) is 12.1 Å². The Morgan fingerprint density at radius 1 is 1.35 bits per heavy atom. The molecule has 106 valence electrons. The minimum Gasteiger partial charge on any atom is -0.361 e. The quantitative estimate of drug-likeness (QED) is 0.832. The first kappa shape index (κ1) is 15.0. The number of benzene rings is 1. The molecule has 1 atom stereocenters. The van der Waals surface area contributed by atoms with E-state index in [4.69, 9.17) is 7.85 Å². The fourth-order valence-corrected chi connectivity index (χ4v) is 2.69. The van der Waals surface area contributed by atoms with Crippen molar-refractivity contribution >= 4 is 18.7 Å². The number of rotatable bonds is 5. The summed E-state index contributed by atoms with van der Waals surface area (Å²) in [7, 11) is 10.3. The molecule has 0 spiro atoms. The van der Waals surface area contributed by atoms with Crippen molar-refractivity contribution < 1.29 is 8.78 Å². The fraction of sp³-hybridized carbons (Fsp3) is 0.467. The van der Waals surface area contributed by atoms with Crippen LogP contribution in [0.5, 0.6) is 0 Å². The van der Waals surface area contributed by atoms with Crippen molar-refractivity contribution in [1.82, 2.24) is 9.88 Å². The highest BCUT2D eigenvalue weighted by atomic mass is 19.3. The van der Waals surface area contributed by atoms with Crippen LogP contribution < -0.4 is 0 Å². The molecule has 0 aliphatic heterocycles. The summed E-state index contributed by atoms with van der Waals surface area (Å²) < 4.78 is 25.0. The maximum absolute atomic E-state index is 12.5. The third-order valence-electron chi connectivity index (χ3n) is 3.40. The van der Waals surface area contributed by atoms with Gasteiger partial charge in [-0.3, -0.25) is 0 Å². The second-order valence-corrected chi connectivity index (χ2v) is 5.83. The van der Waals surface area contributed by atoms with Crippen molar-refractivity contribution in [2.24, 2.45) is 0 Å². The van der Waals surface area contributed by atoms with Gasteiger partial charge < -0.3 is 9.88 Å². The molecule has 2 radical (unpaired) electrons. The standard InChI is InChI=1S/C15H19BF2N2/c1-15(16,9-20(2)3)12-8-19-13-5-4-10(6-11(12)13)7-14(17)18/h4-6,8,14,19H,7,9H2,1-3H3. The zero-order chi connectivity index (χ0) is 14.9. The molecule has 0 aliphatic rings. The van der Waals surface area contributed by atoms with Gasteiger partial charge in [-0.05, 0) is 49.2 Å². The number of fused-ring (bicyclic) bond motifs is 1. The Hall–Kier alpha value is -1.36. The van der Waals surface area contributed by atoms with Crippen LogP contribution in [0.2, 0.25) is 0 Å². The van der Waals surface area contributed by atoms with Crippen LogP contribution in [-0.4, -0.2) is 44.8 Å². The molecule has 2 nitrogen and oxygen atoms in total. The van der Waals surface area contributed by atoms with E-state index in [1.807, 2.05) is 44.2 Å². The summed E-state index contributed by atoms with van der Waals surface area (Å²) in [5.41, 5.74) is 2.51. The van der Waals surface area contributed by atoms with Gasteiger partial charge in [0.05, 0.1) is 7.85 Å². The third-order valence-corrected chi connectivity index (χ3v) is 3.40. The summed E-state index contributed by atoms with van der Waals surface area (Å²) in [6.07, 6.45) is -0.684. The molecule has 0 saturated heterocycles. The van der Waals surface area contributed by atoms with Crippen LogP contribution in [0.1, 0.15) is 18.1 Å². The van der Waals surface area contributed by atoms with Crippen LogP contribution >= 0.6 is 0 Å². The number of H-pyrrole nitrogens is 1. The van der Waals surface area contributed by atoms with E-state index in [1.165, 1.54) is 0 Å². The lowest BCUT2D eigenvalue weighted by Crippen LogP contribution is -2.35. The van der Waals surface area contributed by atoms with Crippen LogP contribution in [0.15, 0.2) is 24.4 Å². The smallest absolute Gasteiger partial charge is 0.242 e. The average molecular weight is 276 g/mol. The van der Waals surface area contributed by atoms with Crippen LogP contribution in [-0.2, 0) is 11.7 Å². The van der Waals surface area contributed by atoms with Gasteiger partial charge in [0.1, 0.15) is 0 Å². The van der Waals surface area contributed by atoms with Crippen molar-refractivity contribution in [3.8, 4) is 0 Å². The lowest BCUT2D eigenvalue weighted by atomic mass is 9.65. The number of nitrogens with zero attached hydrogens (tertiary/aromatic N) is 1. The summed E-state index contributed by atoms with van der Waals surface area (Å²) in [5, 5.41) is 0.389. The maximum atomic E-state index is 12.5. The van der Waals surface area contributed by atoms with E-state index in [0.717, 1.165) is 16.5 Å². The summed E-state index contributed by atoms with van der Waals surface area (Å²) in [6, 6.07) is 5.38. The zero-order valence-electron chi connectivity index (χ0n) is 12.1. The Bertz CT molecular complexity index is 591. The third kappa shape index (κ3) is 3.21. The molecule has 1 aromatic carbocycles. The summed E-state index contributed by atoms with van der Waals surface area (Å²) >= 11 is 0. The van der Waals surface area contributed by atoms with E-state index in [1.54, 1.807) is 6.07 Å². The lowest BCUT2D eigenvalue weighted by molar-refractivity contribution is 0.149. The topological polar surface area (TPSA) is 19.0 Å². The second-order valence-electron chi connectivity index (χ2n) is 5.83. The van der Waals surface area contributed by atoms with Gasteiger partial charge in [-0.15, -0.1) is 0 Å². The summed E-state index contributed by atoms with van der Waals surface area (Å²) in [4.78, 5) is 5.18. The Labute approximate surface area is 119 Å². The van der Waals surface area contributed by atoms with Gasteiger partial charge in [-0.25, -0.2) is 8.78 Å². The fourth-order valence-electron chi connectivity index (χ4n) is 2.69.